The molecule has 0 spiro atoms. The van der Waals surface area contributed by atoms with Gasteiger partial charge in [-0.25, -0.2) is 4.39 Å². The average molecular weight is 374 g/mol. The zero-order valence-corrected chi connectivity index (χ0v) is 13.8. The first-order valence-electron chi connectivity index (χ1n) is 6.58. The molecule has 2 nitrogen and oxygen atoms in total. The molecule has 0 aromatic heterocycles. The van der Waals surface area contributed by atoms with Gasteiger partial charge in [-0.15, -0.1) is 0 Å². The highest BCUT2D eigenvalue weighted by Gasteiger charge is 2.16. The van der Waals surface area contributed by atoms with E-state index < -0.39 is 11.9 Å². The molecule has 2 aromatic carbocycles. The first-order valence-corrected chi connectivity index (χ1v) is 7.75. The van der Waals surface area contributed by atoms with Gasteiger partial charge in [0.05, 0.1) is 11.1 Å². The summed E-state index contributed by atoms with van der Waals surface area (Å²) >= 11 is 9.11. The predicted octanol–water partition coefficient (Wildman–Crippen LogP) is 5.11. The molecule has 0 radical (unpaired) electrons. The Morgan fingerprint density at radius 3 is 2.67 bits per heavy atom. The number of hydrogen-bond donors (Lipinski definition) is 1. The van der Waals surface area contributed by atoms with Gasteiger partial charge in [0.25, 0.3) is 0 Å². The minimum absolute atomic E-state index is 0.188. The van der Waals surface area contributed by atoms with E-state index in [2.05, 4.69) is 15.9 Å². The predicted molar refractivity (Wildman–Crippen MR) is 85.4 cm³/mol. The number of benzene rings is 2. The van der Waals surface area contributed by atoms with E-state index in [1.807, 2.05) is 6.92 Å². The van der Waals surface area contributed by atoms with Crippen molar-refractivity contribution in [3.63, 3.8) is 0 Å². The van der Waals surface area contributed by atoms with Crippen LogP contribution in [0.5, 0.6) is 5.75 Å². The number of aliphatic hydroxyl groups excluding tert-OH is 1. The van der Waals surface area contributed by atoms with Gasteiger partial charge in [0.1, 0.15) is 17.7 Å². The van der Waals surface area contributed by atoms with Crippen LogP contribution in [-0.4, -0.2) is 11.7 Å². The maximum Gasteiger partial charge on any atom is 0.133 e. The maximum atomic E-state index is 13.9. The number of aliphatic hydroxyl groups is 1. The van der Waals surface area contributed by atoms with Crippen LogP contribution in [0.3, 0.4) is 0 Å². The van der Waals surface area contributed by atoms with Gasteiger partial charge >= 0.3 is 0 Å². The van der Waals surface area contributed by atoms with Crippen LogP contribution in [0.4, 0.5) is 4.39 Å². The second-order valence-corrected chi connectivity index (χ2v) is 5.90. The van der Waals surface area contributed by atoms with Gasteiger partial charge in [0.2, 0.25) is 0 Å². The highest BCUT2D eigenvalue weighted by atomic mass is 79.9. The zero-order valence-electron chi connectivity index (χ0n) is 11.4. The highest BCUT2D eigenvalue weighted by molar-refractivity contribution is 9.10. The summed E-state index contributed by atoms with van der Waals surface area (Å²) in [5, 5.41) is 10.6. The summed E-state index contributed by atoms with van der Waals surface area (Å²) in [4.78, 5) is 0. The second kappa shape index (κ2) is 7.25. The number of rotatable bonds is 5. The van der Waals surface area contributed by atoms with E-state index in [1.165, 1.54) is 12.1 Å². The molecule has 1 unspecified atom stereocenters. The Labute approximate surface area is 136 Å². The molecule has 0 saturated heterocycles. The fourth-order valence-corrected chi connectivity index (χ4v) is 2.59. The van der Waals surface area contributed by atoms with E-state index in [4.69, 9.17) is 16.3 Å². The molecule has 1 atom stereocenters. The normalized spacial score (nSPS) is 12.2. The Morgan fingerprint density at radius 2 is 2.05 bits per heavy atom. The Morgan fingerprint density at radius 1 is 1.29 bits per heavy atom. The molecule has 0 heterocycles. The van der Waals surface area contributed by atoms with Gasteiger partial charge in [0, 0.05) is 10.6 Å². The zero-order chi connectivity index (χ0) is 15.4. The van der Waals surface area contributed by atoms with Crippen LogP contribution < -0.4 is 4.74 Å². The van der Waals surface area contributed by atoms with Crippen LogP contribution in [-0.2, 0) is 0 Å². The second-order valence-electron chi connectivity index (χ2n) is 4.61. The summed E-state index contributed by atoms with van der Waals surface area (Å²) in [5.41, 5.74) is 0.764. The molecule has 5 heteroatoms. The topological polar surface area (TPSA) is 29.5 Å². The number of halogens is 3. The van der Waals surface area contributed by atoms with Crippen molar-refractivity contribution < 1.29 is 14.2 Å². The standard InChI is InChI=1S/C16H15BrClFO2/c1-2-7-21-15-6-3-10(8-13(15)17)16(20)12-5-4-11(18)9-14(12)19/h3-6,8-9,16,20H,2,7H2,1H3. The molecule has 0 aliphatic rings. The van der Waals surface area contributed by atoms with Crippen molar-refractivity contribution in [1.82, 2.24) is 0 Å². The molecule has 0 fully saturated rings. The lowest BCUT2D eigenvalue weighted by molar-refractivity contribution is 0.214. The molecule has 0 bridgehead atoms. The van der Waals surface area contributed by atoms with Crippen LogP contribution in [0.2, 0.25) is 5.02 Å². The summed E-state index contributed by atoms with van der Waals surface area (Å²) in [5.74, 6) is 0.168. The molecule has 0 aliphatic carbocycles. The van der Waals surface area contributed by atoms with E-state index in [-0.39, 0.29) is 5.56 Å². The van der Waals surface area contributed by atoms with E-state index in [0.717, 1.165) is 10.9 Å². The van der Waals surface area contributed by atoms with Crippen molar-refractivity contribution in [2.24, 2.45) is 0 Å². The van der Waals surface area contributed by atoms with E-state index >= 15 is 0 Å². The van der Waals surface area contributed by atoms with E-state index in [0.29, 0.717) is 22.9 Å². The van der Waals surface area contributed by atoms with Crippen molar-refractivity contribution in [3.8, 4) is 5.75 Å². The molecule has 1 N–H and O–H groups in total. The number of hydrogen-bond acceptors (Lipinski definition) is 2. The Kier molecular flexibility index (Phi) is 5.62. The molecule has 0 amide bonds. The number of ether oxygens (including phenoxy) is 1. The van der Waals surface area contributed by atoms with Gasteiger partial charge in [-0.3, -0.25) is 0 Å². The van der Waals surface area contributed by atoms with Gasteiger partial charge in [-0.05, 0) is 52.2 Å². The lowest BCUT2D eigenvalue weighted by Crippen LogP contribution is -2.03. The van der Waals surface area contributed by atoms with Crippen LogP contribution in [0.25, 0.3) is 0 Å². The maximum absolute atomic E-state index is 13.9. The van der Waals surface area contributed by atoms with Crippen molar-refractivity contribution in [3.05, 3.63) is 62.8 Å². The summed E-state index contributed by atoms with van der Waals surface area (Å²) in [6, 6.07) is 9.42. The Bertz CT molecular complexity index is 634. The molecule has 0 aliphatic heterocycles. The molecule has 0 saturated carbocycles. The lowest BCUT2D eigenvalue weighted by atomic mass is 10.0. The van der Waals surface area contributed by atoms with Gasteiger partial charge in [-0.2, -0.15) is 0 Å². The molecular formula is C16H15BrClFO2. The van der Waals surface area contributed by atoms with Crippen LogP contribution in [0.15, 0.2) is 40.9 Å². The Balaban J connectivity index is 2.27. The molecule has 2 rings (SSSR count). The quantitative estimate of drug-likeness (QED) is 0.789. The highest BCUT2D eigenvalue weighted by Crippen LogP contribution is 2.32. The van der Waals surface area contributed by atoms with Crippen molar-refractivity contribution >= 4 is 27.5 Å². The largest absolute Gasteiger partial charge is 0.492 e. The lowest BCUT2D eigenvalue weighted by Gasteiger charge is -2.15. The summed E-state index contributed by atoms with van der Waals surface area (Å²) in [6.07, 6.45) is -0.147. The van der Waals surface area contributed by atoms with Gasteiger partial charge in [0.15, 0.2) is 0 Å². The molecule has 21 heavy (non-hydrogen) atoms. The summed E-state index contributed by atoms with van der Waals surface area (Å²) in [6.45, 7) is 2.64. The van der Waals surface area contributed by atoms with Crippen LogP contribution >= 0.6 is 27.5 Å². The minimum atomic E-state index is -1.06. The third-order valence-electron chi connectivity index (χ3n) is 2.99. The fraction of sp³-hybridized carbons (Fsp3) is 0.250. The summed E-state index contributed by atoms with van der Waals surface area (Å²) in [7, 11) is 0. The summed E-state index contributed by atoms with van der Waals surface area (Å²) < 4.78 is 20.1. The SMILES string of the molecule is CCCOc1ccc(C(O)c2ccc(Cl)cc2F)cc1Br. The monoisotopic (exact) mass is 372 g/mol. The third-order valence-corrected chi connectivity index (χ3v) is 3.85. The first kappa shape index (κ1) is 16.3. The van der Waals surface area contributed by atoms with E-state index in [1.54, 1.807) is 24.3 Å². The van der Waals surface area contributed by atoms with Crippen molar-refractivity contribution in [1.29, 1.82) is 0 Å². The smallest absolute Gasteiger partial charge is 0.133 e. The third kappa shape index (κ3) is 3.96. The molecular weight excluding hydrogens is 359 g/mol. The Hall–Kier alpha value is -1.10. The first-order chi connectivity index (χ1) is 10.0. The fourth-order valence-electron chi connectivity index (χ4n) is 1.92. The van der Waals surface area contributed by atoms with Crippen LogP contribution in [0, 0.1) is 5.82 Å². The van der Waals surface area contributed by atoms with Gasteiger partial charge < -0.3 is 9.84 Å². The molecule has 2 aromatic rings. The average Bonchev–Trinajstić information content (AvgIpc) is 2.45. The van der Waals surface area contributed by atoms with E-state index in [9.17, 15) is 9.50 Å². The van der Waals surface area contributed by atoms with Crippen molar-refractivity contribution in [2.45, 2.75) is 19.4 Å². The minimum Gasteiger partial charge on any atom is -0.492 e. The van der Waals surface area contributed by atoms with Gasteiger partial charge in [-0.1, -0.05) is 30.7 Å². The van der Waals surface area contributed by atoms with Crippen molar-refractivity contribution in [2.75, 3.05) is 6.61 Å². The van der Waals surface area contributed by atoms with Crippen LogP contribution in [0.1, 0.15) is 30.6 Å². The molecule has 112 valence electrons.